The van der Waals surface area contributed by atoms with Gasteiger partial charge in [0.2, 0.25) is 15.9 Å². The first-order chi connectivity index (χ1) is 15.3. The summed E-state index contributed by atoms with van der Waals surface area (Å²) in [5.41, 5.74) is 2.44. The molecule has 1 aliphatic heterocycles. The van der Waals surface area contributed by atoms with Crippen LogP contribution >= 0.6 is 11.6 Å². The minimum Gasteiger partial charge on any atom is -0.311 e. The second kappa shape index (κ2) is 9.44. The molecular formula is C23H25ClN4O3S. The molecule has 1 aliphatic rings. The Kier molecular flexibility index (Phi) is 6.64. The quantitative estimate of drug-likeness (QED) is 0.558. The Morgan fingerprint density at radius 3 is 2.50 bits per heavy atom. The van der Waals surface area contributed by atoms with Gasteiger partial charge in [0.15, 0.2) is 0 Å². The molecule has 0 unspecified atom stereocenters. The predicted molar refractivity (Wildman–Crippen MR) is 125 cm³/mol. The SMILES string of the molecule is Cc1cc(NC(=O)CCc2ccc(S(=O)(=O)N3CCCC3)cc2)n(-c2cccc(Cl)c2)n1. The molecule has 0 saturated carbocycles. The Balaban J connectivity index is 1.39. The topological polar surface area (TPSA) is 84.3 Å². The third kappa shape index (κ3) is 5.03. The average Bonchev–Trinajstić information content (AvgIpc) is 3.43. The molecule has 1 saturated heterocycles. The number of carbonyl (C=O) groups excluding carboxylic acids is 1. The third-order valence-electron chi connectivity index (χ3n) is 5.42. The van der Waals surface area contributed by atoms with Crippen LogP contribution in [0.3, 0.4) is 0 Å². The van der Waals surface area contributed by atoms with Crippen molar-refractivity contribution in [3.05, 3.63) is 70.9 Å². The van der Waals surface area contributed by atoms with Crippen molar-refractivity contribution >= 4 is 33.3 Å². The number of benzene rings is 2. The zero-order valence-electron chi connectivity index (χ0n) is 17.8. The van der Waals surface area contributed by atoms with Gasteiger partial charge in [0.25, 0.3) is 0 Å². The van der Waals surface area contributed by atoms with Gasteiger partial charge in [0.1, 0.15) is 5.82 Å². The number of anilines is 1. The van der Waals surface area contributed by atoms with Crippen molar-refractivity contribution in [2.45, 2.75) is 37.5 Å². The van der Waals surface area contributed by atoms with Crippen molar-refractivity contribution in [1.29, 1.82) is 0 Å². The van der Waals surface area contributed by atoms with E-state index in [1.807, 2.05) is 19.1 Å². The van der Waals surface area contributed by atoms with E-state index in [1.165, 1.54) is 4.31 Å². The summed E-state index contributed by atoms with van der Waals surface area (Å²) in [6.07, 6.45) is 2.57. The number of sulfonamides is 1. The van der Waals surface area contributed by atoms with Crippen LogP contribution in [0.4, 0.5) is 5.82 Å². The van der Waals surface area contributed by atoms with Gasteiger partial charge in [-0.2, -0.15) is 9.40 Å². The molecule has 1 fully saturated rings. The Morgan fingerprint density at radius 1 is 1.09 bits per heavy atom. The number of nitrogens with zero attached hydrogens (tertiary/aromatic N) is 3. The summed E-state index contributed by atoms with van der Waals surface area (Å²) in [4.78, 5) is 12.9. The molecule has 0 radical (unpaired) electrons. The number of aromatic nitrogens is 2. The number of nitrogens with one attached hydrogen (secondary N) is 1. The monoisotopic (exact) mass is 472 g/mol. The molecule has 0 bridgehead atoms. The molecular weight excluding hydrogens is 448 g/mol. The van der Waals surface area contributed by atoms with Gasteiger partial charge >= 0.3 is 0 Å². The highest BCUT2D eigenvalue weighted by molar-refractivity contribution is 7.89. The Morgan fingerprint density at radius 2 is 1.81 bits per heavy atom. The molecule has 32 heavy (non-hydrogen) atoms. The third-order valence-corrected chi connectivity index (χ3v) is 7.57. The average molecular weight is 473 g/mol. The molecule has 0 spiro atoms. The van der Waals surface area contributed by atoms with Gasteiger partial charge in [-0.1, -0.05) is 29.8 Å². The number of amides is 1. The lowest BCUT2D eigenvalue weighted by Gasteiger charge is -2.15. The summed E-state index contributed by atoms with van der Waals surface area (Å²) < 4.78 is 28.4. The lowest BCUT2D eigenvalue weighted by Crippen LogP contribution is -2.27. The normalized spacial score (nSPS) is 14.6. The maximum Gasteiger partial charge on any atom is 0.243 e. The molecule has 0 aliphatic carbocycles. The fourth-order valence-electron chi connectivity index (χ4n) is 3.76. The second-order valence-corrected chi connectivity index (χ2v) is 10.2. The first-order valence-electron chi connectivity index (χ1n) is 10.5. The first-order valence-corrected chi connectivity index (χ1v) is 12.4. The van der Waals surface area contributed by atoms with Gasteiger partial charge in [-0.25, -0.2) is 13.1 Å². The van der Waals surface area contributed by atoms with E-state index in [0.29, 0.717) is 35.2 Å². The molecule has 1 N–H and O–H groups in total. The van der Waals surface area contributed by atoms with Crippen LogP contribution in [0.2, 0.25) is 5.02 Å². The summed E-state index contributed by atoms with van der Waals surface area (Å²) in [6.45, 7) is 3.01. The van der Waals surface area contributed by atoms with Gasteiger partial charge in [0.05, 0.1) is 16.3 Å². The number of aryl methyl sites for hydroxylation is 2. The summed E-state index contributed by atoms with van der Waals surface area (Å²) in [5.74, 6) is 0.420. The zero-order valence-corrected chi connectivity index (χ0v) is 19.4. The van der Waals surface area contributed by atoms with Crippen molar-refractivity contribution in [3.8, 4) is 5.69 Å². The Hall–Kier alpha value is -2.68. The minimum atomic E-state index is -3.42. The second-order valence-electron chi connectivity index (χ2n) is 7.87. The zero-order chi connectivity index (χ0) is 22.7. The first kappa shape index (κ1) is 22.5. The number of hydrogen-bond donors (Lipinski definition) is 1. The highest BCUT2D eigenvalue weighted by Gasteiger charge is 2.26. The molecule has 3 aromatic rings. The lowest BCUT2D eigenvalue weighted by atomic mass is 10.1. The van der Waals surface area contributed by atoms with E-state index < -0.39 is 10.0 Å². The van der Waals surface area contributed by atoms with Gasteiger partial charge in [0, 0.05) is 30.6 Å². The van der Waals surface area contributed by atoms with Crippen molar-refractivity contribution in [2.24, 2.45) is 0 Å². The Bertz CT molecular complexity index is 1220. The van der Waals surface area contributed by atoms with Crippen LogP contribution in [0.5, 0.6) is 0 Å². The van der Waals surface area contributed by atoms with E-state index in [2.05, 4.69) is 10.4 Å². The van der Waals surface area contributed by atoms with E-state index in [-0.39, 0.29) is 12.3 Å². The van der Waals surface area contributed by atoms with E-state index in [4.69, 9.17) is 11.6 Å². The van der Waals surface area contributed by atoms with Crippen molar-refractivity contribution in [3.63, 3.8) is 0 Å². The van der Waals surface area contributed by atoms with Crippen LogP contribution in [-0.2, 0) is 21.2 Å². The van der Waals surface area contributed by atoms with E-state index in [0.717, 1.165) is 29.8 Å². The van der Waals surface area contributed by atoms with Crippen LogP contribution in [0, 0.1) is 6.92 Å². The predicted octanol–water partition coefficient (Wildman–Crippen LogP) is 4.19. The molecule has 4 rings (SSSR count). The van der Waals surface area contributed by atoms with Crippen molar-refractivity contribution in [1.82, 2.24) is 14.1 Å². The fraction of sp³-hybridized carbons (Fsp3) is 0.304. The van der Waals surface area contributed by atoms with Gasteiger partial charge in [-0.05, 0) is 62.1 Å². The smallest absolute Gasteiger partial charge is 0.243 e. The van der Waals surface area contributed by atoms with Gasteiger partial charge in [-0.3, -0.25) is 4.79 Å². The highest BCUT2D eigenvalue weighted by atomic mass is 35.5. The maximum atomic E-state index is 12.6. The van der Waals surface area contributed by atoms with Gasteiger partial charge in [-0.15, -0.1) is 0 Å². The molecule has 0 atom stereocenters. The van der Waals surface area contributed by atoms with Gasteiger partial charge < -0.3 is 5.32 Å². The molecule has 2 aromatic carbocycles. The van der Waals surface area contributed by atoms with Crippen LogP contribution in [-0.4, -0.2) is 41.5 Å². The molecule has 2 heterocycles. The molecule has 7 nitrogen and oxygen atoms in total. The minimum absolute atomic E-state index is 0.151. The summed E-state index contributed by atoms with van der Waals surface area (Å²) in [6, 6.07) is 15.9. The highest BCUT2D eigenvalue weighted by Crippen LogP contribution is 2.22. The summed E-state index contributed by atoms with van der Waals surface area (Å²) in [7, 11) is -3.42. The van der Waals surface area contributed by atoms with Crippen LogP contribution in [0.25, 0.3) is 5.69 Å². The van der Waals surface area contributed by atoms with Crippen LogP contribution in [0.15, 0.2) is 59.5 Å². The number of carbonyl (C=O) groups is 1. The number of rotatable bonds is 7. The Labute approximate surface area is 193 Å². The van der Waals surface area contributed by atoms with Crippen LogP contribution in [0.1, 0.15) is 30.5 Å². The fourth-order valence-corrected chi connectivity index (χ4v) is 5.46. The molecule has 9 heteroatoms. The standard InChI is InChI=1S/C23H25ClN4O3S/c1-17-15-22(28(26-17)20-6-4-5-19(24)16-20)25-23(29)12-9-18-7-10-21(11-8-18)32(30,31)27-13-2-3-14-27/h4-8,10-11,15-16H,2-3,9,12-14H2,1H3,(H,25,29). The van der Waals surface area contributed by atoms with Crippen LogP contribution < -0.4 is 5.32 Å². The molecule has 1 amide bonds. The van der Waals surface area contributed by atoms with Crippen molar-refractivity contribution < 1.29 is 13.2 Å². The van der Waals surface area contributed by atoms with E-state index >= 15 is 0 Å². The maximum absolute atomic E-state index is 12.6. The lowest BCUT2D eigenvalue weighted by molar-refractivity contribution is -0.116. The van der Waals surface area contributed by atoms with E-state index in [9.17, 15) is 13.2 Å². The molecule has 168 valence electrons. The number of hydrogen-bond acceptors (Lipinski definition) is 4. The number of halogens is 1. The summed E-state index contributed by atoms with van der Waals surface area (Å²) in [5, 5.41) is 7.94. The molecule has 1 aromatic heterocycles. The largest absolute Gasteiger partial charge is 0.311 e. The van der Waals surface area contributed by atoms with Crippen molar-refractivity contribution in [2.75, 3.05) is 18.4 Å². The van der Waals surface area contributed by atoms with E-state index in [1.54, 1.807) is 47.1 Å². The summed E-state index contributed by atoms with van der Waals surface area (Å²) >= 11 is 6.08.